The lowest BCUT2D eigenvalue weighted by molar-refractivity contribution is -0.120. The molecule has 1 saturated carbocycles. The van der Waals surface area contributed by atoms with Crippen LogP contribution in [0, 0.1) is 5.92 Å². The van der Waals surface area contributed by atoms with Gasteiger partial charge in [-0.25, -0.2) is 4.79 Å². The molecule has 170 valence electrons. The van der Waals surface area contributed by atoms with E-state index >= 15 is 0 Å². The summed E-state index contributed by atoms with van der Waals surface area (Å²) in [6.07, 6.45) is 8.46. The number of ketones is 1. The summed E-state index contributed by atoms with van der Waals surface area (Å²) in [7, 11) is -1.16. The Morgan fingerprint density at radius 2 is 1.87 bits per heavy atom. The maximum absolute atomic E-state index is 12.7. The van der Waals surface area contributed by atoms with Crippen LogP contribution in [-0.4, -0.2) is 53.3 Å². The van der Waals surface area contributed by atoms with E-state index in [2.05, 4.69) is 5.32 Å². The topological polar surface area (TPSA) is 116 Å². The number of rotatable bonds is 11. The molecule has 1 aromatic carbocycles. The van der Waals surface area contributed by atoms with Crippen molar-refractivity contribution in [3.8, 4) is 5.75 Å². The Balaban J connectivity index is 1.41. The van der Waals surface area contributed by atoms with Crippen LogP contribution in [0.5, 0.6) is 5.75 Å². The van der Waals surface area contributed by atoms with Crippen LogP contribution in [0.3, 0.4) is 0 Å². The largest absolute Gasteiger partial charge is 0.535 e. The van der Waals surface area contributed by atoms with Crippen LogP contribution in [0.1, 0.15) is 73.7 Å². The van der Waals surface area contributed by atoms with Gasteiger partial charge >= 0.3 is 13.1 Å². The number of Topliss-reactive ketones (excluding diaryl/α,β-unsaturated/α-hetero) is 1. The number of para-hydroxylation sites is 1. The van der Waals surface area contributed by atoms with Gasteiger partial charge in [-0.05, 0) is 75.5 Å². The van der Waals surface area contributed by atoms with Gasteiger partial charge in [-0.1, -0.05) is 12.1 Å². The first-order valence-corrected chi connectivity index (χ1v) is 11.5. The minimum Gasteiger partial charge on any atom is -0.535 e. The van der Waals surface area contributed by atoms with Crippen molar-refractivity contribution >= 4 is 18.9 Å². The second kappa shape index (κ2) is 11.6. The molecule has 0 radical (unpaired) electrons. The molecule has 2 aliphatic rings. The molecule has 0 aromatic heterocycles. The van der Waals surface area contributed by atoms with Crippen molar-refractivity contribution in [2.45, 2.75) is 76.1 Å². The van der Waals surface area contributed by atoms with Gasteiger partial charge in [0.15, 0.2) is 0 Å². The fourth-order valence-electron chi connectivity index (χ4n) is 4.81. The summed E-state index contributed by atoms with van der Waals surface area (Å²) in [5.74, 6) is -0.679. The molecule has 0 unspecified atom stereocenters. The summed E-state index contributed by atoms with van der Waals surface area (Å²) in [4.78, 5) is 24.0. The van der Waals surface area contributed by atoms with Gasteiger partial charge in [-0.2, -0.15) is 0 Å². The van der Waals surface area contributed by atoms with Gasteiger partial charge in [0.25, 0.3) is 0 Å². The lowest BCUT2D eigenvalue weighted by Gasteiger charge is -2.30. The van der Waals surface area contributed by atoms with E-state index in [4.69, 9.17) is 9.76 Å². The van der Waals surface area contributed by atoms with Gasteiger partial charge in [-0.3, -0.25) is 4.79 Å². The number of unbranched alkanes of at least 4 members (excludes halogenated alkanes) is 2. The van der Waals surface area contributed by atoms with Gasteiger partial charge in [0, 0.05) is 31.3 Å². The molecule has 1 aliphatic heterocycles. The number of aliphatic hydroxyl groups excluding tert-OH is 1. The lowest BCUT2D eigenvalue weighted by Crippen LogP contribution is -2.36. The number of carbonyl (C=O) groups is 2. The lowest BCUT2D eigenvalue weighted by atomic mass is 9.64. The van der Waals surface area contributed by atoms with E-state index in [-0.39, 0.29) is 35.9 Å². The molecule has 1 aliphatic carbocycles. The molecule has 3 rings (SSSR count). The molecule has 1 aromatic rings. The average Bonchev–Trinajstić information content (AvgIpc) is 2.74. The number of carboxylic acid groups (broad SMARTS) is 1. The Morgan fingerprint density at radius 1 is 1.10 bits per heavy atom. The van der Waals surface area contributed by atoms with Crippen LogP contribution in [0.2, 0.25) is 5.82 Å². The van der Waals surface area contributed by atoms with E-state index in [9.17, 15) is 19.7 Å². The van der Waals surface area contributed by atoms with Crippen LogP contribution in [0.4, 0.5) is 0 Å². The average molecular weight is 431 g/mol. The maximum Gasteiger partial charge on any atom is 0.526 e. The number of fused-ring (bicyclic) bond motifs is 1. The molecular weight excluding hydrogens is 397 g/mol. The molecule has 8 heteroatoms. The van der Waals surface area contributed by atoms with E-state index in [1.807, 2.05) is 0 Å². The van der Waals surface area contributed by atoms with Gasteiger partial charge in [0.05, 0.1) is 5.56 Å². The highest BCUT2D eigenvalue weighted by atomic mass is 16.5. The second-order valence-electron chi connectivity index (χ2n) is 8.97. The molecule has 1 heterocycles. The van der Waals surface area contributed by atoms with Gasteiger partial charge < -0.3 is 25.2 Å². The molecule has 0 saturated heterocycles. The molecule has 31 heavy (non-hydrogen) atoms. The van der Waals surface area contributed by atoms with Crippen molar-refractivity contribution in [3.63, 3.8) is 0 Å². The first-order valence-electron chi connectivity index (χ1n) is 11.5. The highest BCUT2D eigenvalue weighted by Crippen LogP contribution is 2.37. The van der Waals surface area contributed by atoms with E-state index in [0.717, 1.165) is 57.1 Å². The minimum atomic E-state index is -1.16. The van der Waals surface area contributed by atoms with Crippen LogP contribution >= 0.6 is 0 Å². The zero-order valence-corrected chi connectivity index (χ0v) is 18.1. The Kier molecular flexibility index (Phi) is 8.93. The molecule has 0 spiro atoms. The monoisotopic (exact) mass is 431 g/mol. The fraction of sp³-hybridized carbons (Fsp3) is 0.652. The summed E-state index contributed by atoms with van der Waals surface area (Å²) in [6, 6.07) is 5.44. The third-order valence-corrected chi connectivity index (χ3v) is 6.57. The summed E-state index contributed by atoms with van der Waals surface area (Å²) in [5, 5.41) is 32.1. The van der Waals surface area contributed by atoms with Crippen molar-refractivity contribution in [2.24, 2.45) is 5.92 Å². The van der Waals surface area contributed by atoms with E-state index in [1.54, 1.807) is 12.1 Å². The zero-order valence-electron chi connectivity index (χ0n) is 18.1. The van der Waals surface area contributed by atoms with Gasteiger partial charge in [-0.15, -0.1) is 0 Å². The van der Waals surface area contributed by atoms with Gasteiger partial charge in [0.2, 0.25) is 0 Å². The van der Waals surface area contributed by atoms with E-state index in [0.29, 0.717) is 24.8 Å². The van der Waals surface area contributed by atoms with Crippen molar-refractivity contribution in [3.05, 3.63) is 29.3 Å². The second-order valence-corrected chi connectivity index (χ2v) is 8.97. The summed E-state index contributed by atoms with van der Waals surface area (Å²) >= 11 is 0. The smallest absolute Gasteiger partial charge is 0.526 e. The predicted octanol–water partition coefficient (Wildman–Crippen LogP) is 2.83. The summed E-state index contributed by atoms with van der Waals surface area (Å²) in [6.45, 7) is 1.25. The maximum atomic E-state index is 12.7. The Hall–Kier alpha value is -1.90. The van der Waals surface area contributed by atoms with Crippen molar-refractivity contribution in [1.82, 2.24) is 5.32 Å². The molecule has 1 atom stereocenters. The number of carboxylic acids is 1. The fourth-order valence-corrected chi connectivity index (χ4v) is 4.81. The normalized spacial score (nSPS) is 23.2. The Labute approximate surface area is 184 Å². The van der Waals surface area contributed by atoms with Crippen LogP contribution in [-0.2, 0) is 11.2 Å². The number of hydrogen-bond acceptors (Lipinski definition) is 6. The third-order valence-electron chi connectivity index (χ3n) is 6.57. The standard InChI is InChI=1S/C23H34BNO6/c26-12-3-1-2-11-25-19-9-7-16(8-10-19)13-20(27)15-18-14-17-5-4-6-21(23(28)29)22(17)31-24(18)30/h4-6,16,18-19,25-26,30H,1-3,7-15H2,(H,28,29)/t16?,18-,19?/m1/s1. The molecule has 1 fully saturated rings. The van der Waals surface area contributed by atoms with Crippen molar-refractivity contribution in [2.75, 3.05) is 13.2 Å². The van der Waals surface area contributed by atoms with Crippen LogP contribution in [0.25, 0.3) is 0 Å². The number of aromatic carboxylic acids is 1. The van der Waals surface area contributed by atoms with Crippen molar-refractivity contribution in [1.29, 1.82) is 0 Å². The molecule has 7 nitrogen and oxygen atoms in total. The molecule has 4 N–H and O–H groups in total. The van der Waals surface area contributed by atoms with E-state index in [1.165, 1.54) is 6.07 Å². The number of nitrogens with one attached hydrogen (secondary N) is 1. The molecule has 0 bridgehead atoms. The highest BCUT2D eigenvalue weighted by Gasteiger charge is 2.38. The van der Waals surface area contributed by atoms with Crippen molar-refractivity contribution < 1.29 is 29.5 Å². The molecule has 0 amide bonds. The Bertz CT molecular complexity index is 750. The number of hydrogen-bond donors (Lipinski definition) is 4. The number of aliphatic hydroxyl groups is 1. The van der Waals surface area contributed by atoms with Gasteiger partial charge in [0.1, 0.15) is 11.5 Å². The predicted molar refractivity (Wildman–Crippen MR) is 118 cm³/mol. The third kappa shape index (κ3) is 6.79. The summed E-state index contributed by atoms with van der Waals surface area (Å²) < 4.78 is 5.50. The Morgan fingerprint density at radius 3 is 2.58 bits per heavy atom. The van der Waals surface area contributed by atoms with Crippen LogP contribution in [0.15, 0.2) is 18.2 Å². The quantitative estimate of drug-likeness (QED) is 0.315. The highest BCUT2D eigenvalue weighted by molar-refractivity contribution is 6.47. The first kappa shape index (κ1) is 23.8. The zero-order chi connectivity index (χ0) is 22.2. The SMILES string of the molecule is O=C(CC1CCC(NCCCCCO)CC1)C[C@H]1Cc2cccc(C(=O)O)c2OB1O. The summed E-state index contributed by atoms with van der Waals surface area (Å²) in [5.41, 5.74) is 0.772. The molecular formula is C23H34BNO6. The van der Waals surface area contributed by atoms with E-state index < -0.39 is 13.1 Å². The number of benzene rings is 1. The van der Waals surface area contributed by atoms with Crippen LogP contribution < -0.4 is 9.97 Å². The minimum absolute atomic E-state index is 0.0418. The first-order chi connectivity index (χ1) is 15.0. The number of carbonyl (C=O) groups excluding carboxylic acids is 1.